The van der Waals surface area contributed by atoms with Crippen LogP contribution in [0.1, 0.15) is 12.5 Å². The summed E-state index contributed by atoms with van der Waals surface area (Å²) in [5.74, 6) is 3.91. The van der Waals surface area contributed by atoms with Gasteiger partial charge in [0.2, 0.25) is 10.0 Å². The van der Waals surface area contributed by atoms with E-state index in [1.807, 2.05) is 0 Å². The summed E-state index contributed by atoms with van der Waals surface area (Å²) in [7, 11) is -2.74. The van der Waals surface area contributed by atoms with Crippen molar-refractivity contribution < 1.29 is 23.0 Å². The second-order valence-electron chi connectivity index (χ2n) is 4.24. The van der Waals surface area contributed by atoms with Gasteiger partial charge < -0.3 is 10.2 Å². The minimum absolute atomic E-state index is 0.131. The molecule has 1 aromatic carbocycles. The second kappa shape index (κ2) is 6.81. The third-order valence-electron chi connectivity index (χ3n) is 2.45. The highest BCUT2D eigenvalue weighted by Crippen LogP contribution is 2.19. The Morgan fingerprint density at radius 1 is 1.45 bits per heavy atom. The van der Waals surface area contributed by atoms with E-state index in [4.69, 9.17) is 5.11 Å². The van der Waals surface area contributed by atoms with E-state index < -0.39 is 26.8 Å². The summed E-state index contributed by atoms with van der Waals surface area (Å²) in [6, 6.07) is 3.46. The number of sulfonamides is 1. The molecule has 2 N–H and O–H groups in total. The fourth-order valence-electron chi connectivity index (χ4n) is 1.57. The fraction of sp³-hybridized carbons (Fsp3) is 0.385. The summed E-state index contributed by atoms with van der Waals surface area (Å²) in [5, 5.41) is 17.7. The van der Waals surface area contributed by atoms with Crippen molar-refractivity contribution in [1.82, 2.24) is 4.31 Å². The monoisotopic (exact) mass is 301 g/mol. The van der Waals surface area contributed by atoms with Crippen molar-refractivity contribution in [3.8, 4) is 11.8 Å². The first-order valence-electron chi connectivity index (χ1n) is 5.82. The molecule has 7 heteroatoms. The van der Waals surface area contributed by atoms with E-state index in [1.54, 1.807) is 0 Å². The van der Waals surface area contributed by atoms with Gasteiger partial charge in [0.15, 0.2) is 0 Å². The van der Waals surface area contributed by atoms with E-state index in [1.165, 1.54) is 20.0 Å². The maximum absolute atomic E-state index is 13.9. The zero-order valence-corrected chi connectivity index (χ0v) is 12.0. The van der Waals surface area contributed by atoms with Crippen LogP contribution in [0.3, 0.4) is 0 Å². The number of benzene rings is 1. The molecular weight excluding hydrogens is 285 g/mol. The number of rotatable bonds is 4. The van der Waals surface area contributed by atoms with Gasteiger partial charge in [-0.15, -0.1) is 0 Å². The van der Waals surface area contributed by atoms with Crippen LogP contribution >= 0.6 is 0 Å². The van der Waals surface area contributed by atoms with Gasteiger partial charge in [-0.1, -0.05) is 11.8 Å². The fourth-order valence-corrected chi connectivity index (χ4v) is 2.86. The zero-order chi connectivity index (χ0) is 15.3. The van der Waals surface area contributed by atoms with Crippen LogP contribution in [0, 0.1) is 17.7 Å². The van der Waals surface area contributed by atoms with Gasteiger partial charge in [0.1, 0.15) is 17.3 Å². The first-order chi connectivity index (χ1) is 9.28. The number of likely N-dealkylation sites (N-methyl/N-ethyl adjacent to an activating group) is 1. The molecule has 20 heavy (non-hydrogen) atoms. The smallest absolute Gasteiger partial charge is 0.245 e. The molecule has 0 spiro atoms. The van der Waals surface area contributed by atoms with Gasteiger partial charge in [-0.25, -0.2) is 12.8 Å². The summed E-state index contributed by atoms with van der Waals surface area (Å²) in [6.45, 7) is 0.947. The van der Waals surface area contributed by atoms with Gasteiger partial charge in [0, 0.05) is 19.2 Å². The number of aliphatic hydroxyl groups is 2. The molecule has 0 saturated carbocycles. The van der Waals surface area contributed by atoms with Crippen LogP contribution in [0.5, 0.6) is 0 Å². The molecule has 0 aromatic heterocycles. The van der Waals surface area contributed by atoms with Crippen LogP contribution < -0.4 is 0 Å². The molecule has 0 aliphatic rings. The van der Waals surface area contributed by atoms with Gasteiger partial charge in [-0.05, 0) is 25.1 Å². The Bertz CT molecular complexity index is 632. The van der Waals surface area contributed by atoms with Gasteiger partial charge in [0.05, 0.1) is 6.10 Å². The lowest BCUT2D eigenvalue weighted by Gasteiger charge is -2.18. The van der Waals surface area contributed by atoms with E-state index in [-0.39, 0.29) is 18.7 Å². The Morgan fingerprint density at radius 3 is 2.60 bits per heavy atom. The average molecular weight is 301 g/mol. The minimum atomic E-state index is -4.00. The topological polar surface area (TPSA) is 77.8 Å². The van der Waals surface area contributed by atoms with Gasteiger partial charge in [0.25, 0.3) is 0 Å². The quantitative estimate of drug-likeness (QED) is 0.777. The van der Waals surface area contributed by atoms with Crippen LogP contribution in [0.25, 0.3) is 0 Å². The van der Waals surface area contributed by atoms with Crippen molar-refractivity contribution >= 4 is 10.0 Å². The predicted molar refractivity (Wildman–Crippen MR) is 71.9 cm³/mol. The third kappa shape index (κ3) is 4.02. The van der Waals surface area contributed by atoms with Crippen molar-refractivity contribution in [1.29, 1.82) is 0 Å². The lowest BCUT2D eigenvalue weighted by Crippen LogP contribution is -2.33. The van der Waals surface area contributed by atoms with Gasteiger partial charge in [-0.2, -0.15) is 4.31 Å². The van der Waals surface area contributed by atoms with Crippen LogP contribution in [0.15, 0.2) is 23.1 Å². The molecule has 0 radical (unpaired) electrons. The molecule has 110 valence electrons. The number of halogens is 1. The Morgan fingerprint density at radius 2 is 2.10 bits per heavy atom. The number of hydrogen-bond donors (Lipinski definition) is 2. The van der Waals surface area contributed by atoms with E-state index in [0.717, 1.165) is 16.4 Å². The summed E-state index contributed by atoms with van der Waals surface area (Å²) in [5.41, 5.74) is 0.272. The zero-order valence-electron chi connectivity index (χ0n) is 11.2. The predicted octanol–water partition coefficient (Wildman–Crippen LogP) is 0.171. The highest BCUT2D eigenvalue weighted by atomic mass is 32.2. The van der Waals surface area contributed by atoms with Crippen LogP contribution in [-0.4, -0.2) is 49.2 Å². The SMILES string of the molecule is CC(O)CN(C)S(=O)(=O)c1ccc(C#CCO)cc1F. The first-order valence-corrected chi connectivity index (χ1v) is 7.26. The van der Waals surface area contributed by atoms with Crippen molar-refractivity contribution in [2.45, 2.75) is 17.9 Å². The number of nitrogens with zero attached hydrogens (tertiary/aromatic N) is 1. The lowest BCUT2D eigenvalue weighted by atomic mass is 10.2. The van der Waals surface area contributed by atoms with Crippen molar-refractivity contribution in [2.75, 3.05) is 20.2 Å². The van der Waals surface area contributed by atoms with Crippen LogP contribution in [0.4, 0.5) is 4.39 Å². The molecule has 0 aliphatic heterocycles. The van der Waals surface area contributed by atoms with Gasteiger partial charge >= 0.3 is 0 Å². The number of aliphatic hydroxyl groups excluding tert-OH is 2. The minimum Gasteiger partial charge on any atom is -0.392 e. The Hall–Kier alpha value is -1.46. The Kier molecular flexibility index (Phi) is 5.65. The van der Waals surface area contributed by atoms with E-state index in [0.29, 0.717) is 0 Å². The Balaban J connectivity index is 3.14. The number of hydrogen-bond acceptors (Lipinski definition) is 4. The molecular formula is C13H16FNO4S. The largest absolute Gasteiger partial charge is 0.392 e. The lowest BCUT2D eigenvalue weighted by molar-refractivity contribution is 0.171. The molecule has 0 bridgehead atoms. The van der Waals surface area contributed by atoms with Crippen molar-refractivity contribution in [3.05, 3.63) is 29.6 Å². The van der Waals surface area contributed by atoms with E-state index in [2.05, 4.69) is 11.8 Å². The van der Waals surface area contributed by atoms with Crippen LogP contribution in [0.2, 0.25) is 0 Å². The standard InChI is InChI=1S/C13H16FNO4S/c1-10(17)9-15(2)20(18,19)13-6-5-11(4-3-7-16)8-12(13)14/h5-6,8,10,16-17H,7,9H2,1-2H3. The summed E-state index contributed by atoms with van der Waals surface area (Å²) in [4.78, 5) is -0.477. The van der Waals surface area contributed by atoms with Gasteiger partial charge in [-0.3, -0.25) is 0 Å². The van der Waals surface area contributed by atoms with Crippen molar-refractivity contribution in [3.63, 3.8) is 0 Å². The summed E-state index contributed by atoms with van der Waals surface area (Å²) < 4.78 is 39.0. The second-order valence-corrected chi connectivity index (χ2v) is 6.25. The molecule has 0 aliphatic carbocycles. The third-order valence-corrected chi connectivity index (χ3v) is 4.31. The normalized spacial score (nSPS) is 12.9. The molecule has 1 unspecified atom stereocenters. The summed E-state index contributed by atoms with van der Waals surface area (Å²) in [6.07, 6.45) is -0.854. The van der Waals surface area contributed by atoms with Crippen LogP contribution in [-0.2, 0) is 10.0 Å². The van der Waals surface area contributed by atoms with E-state index in [9.17, 15) is 17.9 Å². The molecule has 1 atom stereocenters. The highest BCUT2D eigenvalue weighted by molar-refractivity contribution is 7.89. The first kappa shape index (κ1) is 16.6. The molecule has 1 aromatic rings. The van der Waals surface area contributed by atoms with E-state index >= 15 is 0 Å². The molecule has 0 saturated heterocycles. The Labute approximate surface area is 117 Å². The maximum Gasteiger partial charge on any atom is 0.245 e. The molecule has 5 nitrogen and oxygen atoms in total. The molecule has 0 amide bonds. The summed E-state index contributed by atoms with van der Waals surface area (Å²) >= 11 is 0. The molecule has 0 fully saturated rings. The average Bonchev–Trinajstić information content (AvgIpc) is 2.35. The molecule has 1 rings (SSSR count). The van der Waals surface area contributed by atoms with Crippen molar-refractivity contribution in [2.24, 2.45) is 0 Å². The highest BCUT2D eigenvalue weighted by Gasteiger charge is 2.25. The molecule has 0 heterocycles. The maximum atomic E-state index is 13.9.